The first-order valence-electron chi connectivity index (χ1n) is 11.9. The highest BCUT2D eigenvalue weighted by Gasteiger charge is 2.19. The van der Waals surface area contributed by atoms with E-state index in [1.807, 2.05) is 54.1 Å². The molecule has 5 heteroatoms. The Labute approximate surface area is 210 Å². The molecule has 0 saturated carbocycles. The Kier molecular flexibility index (Phi) is 4.07. The van der Waals surface area contributed by atoms with Gasteiger partial charge in [-0.05, 0) is 35.9 Å². The Hall–Kier alpha value is -4.61. The van der Waals surface area contributed by atoms with Crippen molar-refractivity contribution in [3.05, 3.63) is 109 Å². The van der Waals surface area contributed by atoms with Crippen LogP contribution >= 0.6 is 11.3 Å². The molecule has 0 bridgehead atoms. The van der Waals surface area contributed by atoms with E-state index in [4.69, 9.17) is 15.0 Å². The maximum Gasteiger partial charge on any atom is 0.235 e. The predicted octanol–water partition coefficient (Wildman–Crippen LogP) is 8.16. The summed E-state index contributed by atoms with van der Waals surface area (Å²) in [7, 11) is 0. The van der Waals surface area contributed by atoms with Gasteiger partial charge in [0.1, 0.15) is 0 Å². The average molecular weight is 479 g/mol. The van der Waals surface area contributed by atoms with Crippen LogP contribution in [0.2, 0.25) is 0 Å². The Morgan fingerprint density at radius 3 is 2.36 bits per heavy atom. The van der Waals surface area contributed by atoms with Crippen LogP contribution in [0.1, 0.15) is 0 Å². The molecule has 4 aromatic carbocycles. The minimum absolute atomic E-state index is 0.654. The molecule has 36 heavy (non-hydrogen) atoms. The van der Waals surface area contributed by atoms with Gasteiger partial charge in [-0.25, -0.2) is 9.97 Å². The number of fused-ring (bicyclic) bond motifs is 7. The van der Waals surface area contributed by atoms with Crippen LogP contribution in [0.4, 0.5) is 0 Å². The van der Waals surface area contributed by atoms with Crippen LogP contribution in [0.5, 0.6) is 0 Å². The summed E-state index contributed by atoms with van der Waals surface area (Å²) >= 11 is 1.82. The van der Waals surface area contributed by atoms with Crippen molar-refractivity contribution >= 4 is 64.3 Å². The molecule has 4 aromatic heterocycles. The molecular formula is C31H18N4S. The van der Waals surface area contributed by atoms with Gasteiger partial charge in [0.25, 0.3) is 0 Å². The molecule has 0 aliphatic carbocycles. The second-order valence-corrected chi connectivity index (χ2v) is 10.1. The Morgan fingerprint density at radius 1 is 0.583 bits per heavy atom. The maximum absolute atomic E-state index is 4.99. The molecule has 8 rings (SSSR count). The first-order valence-corrected chi connectivity index (χ1v) is 12.7. The van der Waals surface area contributed by atoms with Crippen molar-refractivity contribution < 1.29 is 0 Å². The fourth-order valence-corrected chi connectivity index (χ4v) is 6.29. The molecule has 0 spiro atoms. The lowest BCUT2D eigenvalue weighted by molar-refractivity contribution is 1.01. The molecule has 0 radical (unpaired) electrons. The quantitative estimate of drug-likeness (QED) is 0.252. The molecule has 0 amide bonds. The van der Waals surface area contributed by atoms with Crippen LogP contribution in [-0.2, 0) is 0 Å². The number of thiophene rings is 1. The zero-order valence-corrected chi connectivity index (χ0v) is 19.9. The molecule has 4 heterocycles. The normalized spacial score (nSPS) is 11.9. The van der Waals surface area contributed by atoms with E-state index in [1.54, 1.807) is 0 Å². The monoisotopic (exact) mass is 478 g/mol. The highest BCUT2D eigenvalue weighted by Crippen LogP contribution is 2.40. The molecule has 0 fully saturated rings. The van der Waals surface area contributed by atoms with Gasteiger partial charge in [0.15, 0.2) is 0 Å². The number of rotatable bonds is 2. The zero-order chi connectivity index (χ0) is 23.6. The molecule has 4 nitrogen and oxygen atoms in total. The average Bonchev–Trinajstić information content (AvgIpc) is 3.46. The van der Waals surface area contributed by atoms with E-state index in [-0.39, 0.29) is 0 Å². The van der Waals surface area contributed by atoms with E-state index >= 15 is 0 Å². The lowest BCUT2D eigenvalue weighted by Gasteiger charge is -2.08. The van der Waals surface area contributed by atoms with Gasteiger partial charge in [-0.2, -0.15) is 0 Å². The largest absolute Gasteiger partial charge is 0.276 e. The van der Waals surface area contributed by atoms with E-state index in [0.717, 1.165) is 44.0 Å². The van der Waals surface area contributed by atoms with Gasteiger partial charge in [0, 0.05) is 48.9 Å². The van der Waals surface area contributed by atoms with Crippen molar-refractivity contribution in [2.45, 2.75) is 0 Å². The Bertz CT molecular complexity index is 2100. The lowest BCUT2D eigenvalue weighted by atomic mass is 10.1. The van der Waals surface area contributed by atoms with Crippen LogP contribution in [-0.4, -0.2) is 19.5 Å². The summed E-state index contributed by atoms with van der Waals surface area (Å²) in [6.45, 7) is 0. The molecule has 0 saturated heterocycles. The fourth-order valence-electron chi connectivity index (χ4n) is 5.17. The van der Waals surface area contributed by atoms with Gasteiger partial charge >= 0.3 is 0 Å². The first kappa shape index (κ1) is 19.7. The van der Waals surface area contributed by atoms with Crippen molar-refractivity contribution in [2.75, 3.05) is 0 Å². The minimum Gasteiger partial charge on any atom is -0.276 e. The van der Waals surface area contributed by atoms with E-state index < -0.39 is 0 Å². The van der Waals surface area contributed by atoms with Crippen molar-refractivity contribution in [2.24, 2.45) is 0 Å². The third-order valence-corrected chi connectivity index (χ3v) is 8.02. The van der Waals surface area contributed by atoms with Gasteiger partial charge in [-0.1, -0.05) is 66.7 Å². The van der Waals surface area contributed by atoms with Crippen molar-refractivity contribution in [1.82, 2.24) is 19.5 Å². The Morgan fingerprint density at radius 2 is 1.42 bits per heavy atom. The molecule has 0 atom stereocenters. The van der Waals surface area contributed by atoms with Gasteiger partial charge in [-0.15, -0.1) is 11.3 Å². The van der Waals surface area contributed by atoms with Crippen molar-refractivity contribution in [3.63, 3.8) is 0 Å². The number of pyridine rings is 1. The van der Waals surface area contributed by atoms with Gasteiger partial charge < -0.3 is 0 Å². The predicted molar refractivity (Wildman–Crippen MR) is 150 cm³/mol. The molecule has 0 unspecified atom stereocenters. The smallest absolute Gasteiger partial charge is 0.235 e. The number of hydrogen-bond acceptors (Lipinski definition) is 4. The van der Waals surface area contributed by atoms with E-state index in [9.17, 15) is 0 Å². The highest BCUT2D eigenvalue weighted by molar-refractivity contribution is 7.25. The summed E-state index contributed by atoms with van der Waals surface area (Å²) in [5.41, 5.74) is 6.15. The summed E-state index contributed by atoms with van der Waals surface area (Å²) in [6, 6.07) is 33.9. The van der Waals surface area contributed by atoms with Crippen LogP contribution in [0, 0.1) is 0 Å². The van der Waals surface area contributed by atoms with Crippen LogP contribution in [0.25, 0.3) is 70.1 Å². The zero-order valence-electron chi connectivity index (χ0n) is 19.1. The maximum atomic E-state index is 4.99. The lowest BCUT2D eigenvalue weighted by Crippen LogP contribution is -2.01. The van der Waals surface area contributed by atoms with Crippen LogP contribution < -0.4 is 0 Å². The molecular weight excluding hydrogens is 460 g/mol. The molecule has 8 aromatic rings. The number of nitrogens with zero attached hydrogens (tertiary/aromatic N) is 4. The fraction of sp³-hybridized carbons (Fsp3) is 0. The van der Waals surface area contributed by atoms with Crippen molar-refractivity contribution in [3.8, 4) is 17.1 Å². The number of para-hydroxylation sites is 1. The van der Waals surface area contributed by atoms with Crippen LogP contribution in [0.15, 0.2) is 109 Å². The third kappa shape index (κ3) is 2.84. The standard InChI is InChI=1S/C31H18N4S/c1-2-8-19(9-3-1)21-14-27-30(32-18-21)24-15-23-22-11-5-7-13-28(22)36-29(23)16-26(24)35(27)31-33-17-20-10-4-6-12-25(20)34-31/h1-18H. The summed E-state index contributed by atoms with van der Waals surface area (Å²) < 4.78 is 4.70. The van der Waals surface area contributed by atoms with Gasteiger partial charge in [0.2, 0.25) is 5.95 Å². The number of benzene rings is 4. The van der Waals surface area contributed by atoms with Crippen LogP contribution in [0.3, 0.4) is 0 Å². The van der Waals surface area contributed by atoms with E-state index in [1.165, 1.54) is 20.2 Å². The summed E-state index contributed by atoms with van der Waals surface area (Å²) in [4.78, 5) is 14.8. The van der Waals surface area contributed by atoms with Crippen molar-refractivity contribution in [1.29, 1.82) is 0 Å². The summed E-state index contributed by atoms with van der Waals surface area (Å²) in [5, 5.41) is 4.67. The molecule has 0 N–H and O–H groups in total. The van der Waals surface area contributed by atoms with Gasteiger partial charge in [0.05, 0.1) is 22.1 Å². The van der Waals surface area contributed by atoms with E-state index in [2.05, 4.69) is 71.3 Å². The SMILES string of the molecule is c1ccc(-c2cnc3c4cc5c(cc4n(-c4ncc6ccccc6n4)c3c2)sc2ccccc25)cc1. The Balaban J connectivity index is 1.51. The topological polar surface area (TPSA) is 43.6 Å². The summed E-state index contributed by atoms with van der Waals surface area (Å²) in [5.74, 6) is 0.654. The summed E-state index contributed by atoms with van der Waals surface area (Å²) in [6.07, 6.45) is 3.88. The second-order valence-electron chi connectivity index (χ2n) is 8.99. The minimum atomic E-state index is 0.654. The number of aromatic nitrogens is 4. The van der Waals surface area contributed by atoms with E-state index in [0.29, 0.717) is 5.95 Å². The van der Waals surface area contributed by atoms with Gasteiger partial charge in [-0.3, -0.25) is 9.55 Å². The molecule has 0 aliphatic rings. The second kappa shape index (κ2) is 7.44. The first-order chi connectivity index (χ1) is 17.8. The molecule has 168 valence electrons. The molecule has 0 aliphatic heterocycles. The highest BCUT2D eigenvalue weighted by atomic mass is 32.1. The third-order valence-electron chi connectivity index (χ3n) is 6.88. The number of hydrogen-bond donors (Lipinski definition) is 0.